The van der Waals surface area contributed by atoms with Crippen LogP contribution in [-0.2, 0) is 0 Å². The van der Waals surface area contributed by atoms with Crippen LogP contribution < -0.4 is 19.5 Å². The quantitative estimate of drug-likeness (QED) is 0.643. The third-order valence-electron chi connectivity index (χ3n) is 4.03. The second kappa shape index (κ2) is 7.29. The van der Waals surface area contributed by atoms with Crippen molar-refractivity contribution >= 4 is 38.5 Å². The summed E-state index contributed by atoms with van der Waals surface area (Å²) < 4.78 is 22.5. The fourth-order valence-electron chi connectivity index (χ4n) is 2.75. The highest BCUT2D eigenvalue weighted by atomic mass is 79.9. The van der Waals surface area contributed by atoms with E-state index in [0.717, 1.165) is 15.4 Å². The summed E-state index contributed by atoms with van der Waals surface area (Å²) in [6, 6.07) is 8.93. The zero-order valence-corrected chi connectivity index (χ0v) is 16.4. The molecule has 0 radical (unpaired) electrons. The number of methoxy groups -OCH3 is 3. The molecule has 0 saturated carbocycles. The average Bonchev–Trinajstić information content (AvgIpc) is 2.97. The number of fused-ring (bicyclic) bond motifs is 1. The van der Waals surface area contributed by atoms with Crippen molar-refractivity contribution in [2.45, 2.75) is 6.92 Å². The molecule has 2 aromatic carbocycles. The number of carbonyl (C=O) groups excluding carboxylic acids is 1. The molecule has 0 aliphatic rings. The number of furan rings is 1. The molecule has 0 atom stereocenters. The Bertz CT molecular complexity index is 954. The largest absolute Gasteiger partial charge is 0.493 e. The van der Waals surface area contributed by atoms with Crippen LogP contribution in [0.3, 0.4) is 0 Å². The van der Waals surface area contributed by atoms with Gasteiger partial charge in [0.2, 0.25) is 5.75 Å². The molecule has 1 amide bonds. The Kier molecular flexibility index (Phi) is 5.08. The first-order valence-electron chi connectivity index (χ1n) is 7.78. The second-order valence-electron chi connectivity index (χ2n) is 5.56. The SMILES string of the molecule is COc1cc(NC(=O)c2oc3ccc(Br)cc3c2C)cc(OC)c1OC. The lowest BCUT2D eigenvalue weighted by atomic mass is 10.1. The number of anilines is 1. The van der Waals surface area contributed by atoms with E-state index in [0.29, 0.717) is 28.5 Å². The zero-order valence-electron chi connectivity index (χ0n) is 14.8. The van der Waals surface area contributed by atoms with Gasteiger partial charge in [-0.2, -0.15) is 0 Å². The second-order valence-corrected chi connectivity index (χ2v) is 6.48. The van der Waals surface area contributed by atoms with Crippen molar-refractivity contribution < 1.29 is 23.4 Å². The first-order valence-corrected chi connectivity index (χ1v) is 8.57. The van der Waals surface area contributed by atoms with Gasteiger partial charge in [-0.1, -0.05) is 15.9 Å². The van der Waals surface area contributed by atoms with Gasteiger partial charge in [0.05, 0.1) is 21.3 Å². The van der Waals surface area contributed by atoms with E-state index >= 15 is 0 Å². The number of nitrogens with one attached hydrogen (secondary N) is 1. The maximum Gasteiger partial charge on any atom is 0.291 e. The van der Waals surface area contributed by atoms with Crippen LogP contribution in [-0.4, -0.2) is 27.2 Å². The molecule has 26 heavy (non-hydrogen) atoms. The van der Waals surface area contributed by atoms with Crippen molar-refractivity contribution in [3.8, 4) is 17.2 Å². The molecule has 0 unspecified atom stereocenters. The molecular formula is C19H18BrNO5. The first kappa shape index (κ1) is 18.1. The number of amides is 1. The molecule has 0 aliphatic carbocycles. The number of hydrogen-bond donors (Lipinski definition) is 1. The molecule has 1 heterocycles. The van der Waals surface area contributed by atoms with Crippen LogP contribution in [0.25, 0.3) is 11.0 Å². The minimum Gasteiger partial charge on any atom is -0.493 e. The van der Waals surface area contributed by atoms with Crippen molar-refractivity contribution in [2.75, 3.05) is 26.6 Å². The van der Waals surface area contributed by atoms with Gasteiger partial charge in [-0.15, -0.1) is 0 Å². The maximum atomic E-state index is 12.7. The first-order chi connectivity index (χ1) is 12.5. The monoisotopic (exact) mass is 419 g/mol. The van der Waals surface area contributed by atoms with Gasteiger partial charge in [-0.05, 0) is 25.1 Å². The summed E-state index contributed by atoms with van der Waals surface area (Å²) in [4.78, 5) is 12.7. The number of halogens is 1. The Balaban J connectivity index is 1.97. The van der Waals surface area contributed by atoms with Crippen LogP contribution in [0.15, 0.2) is 39.2 Å². The van der Waals surface area contributed by atoms with E-state index in [9.17, 15) is 4.79 Å². The van der Waals surface area contributed by atoms with E-state index in [2.05, 4.69) is 21.2 Å². The van der Waals surface area contributed by atoms with Crippen molar-refractivity contribution in [1.29, 1.82) is 0 Å². The summed E-state index contributed by atoms with van der Waals surface area (Å²) in [5.74, 6) is 1.26. The zero-order chi connectivity index (χ0) is 18.8. The molecule has 0 spiro atoms. The summed E-state index contributed by atoms with van der Waals surface area (Å²) >= 11 is 3.43. The number of ether oxygens (including phenoxy) is 3. The summed E-state index contributed by atoms with van der Waals surface area (Å²) in [7, 11) is 4.56. The standard InChI is InChI=1S/C19H18BrNO5/c1-10-13-7-11(20)5-6-14(13)26-17(10)19(22)21-12-8-15(23-2)18(25-4)16(9-12)24-3/h5-9H,1-4H3,(H,21,22). The van der Waals surface area contributed by atoms with Gasteiger partial charge in [-0.3, -0.25) is 4.79 Å². The van der Waals surface area contributed by atoms with Gasteiger partial charge in [0.25, 0.3) is 5.91 Å². The van der Waals surface area contributed by atoms with E-state index in [1.165, 1.54) is 21.3 Å². The number of rotatable bonds is 5. The molecule has 136 valence electrons. The normalized spacial score (nSPS) is 10.7. The molecule has 7 heteroatoms. The Labute approximate surface area is 159 Å². The third kappa shape index (κ3) is 3.22. The van der Waals surface area contributed by atoms with Crippen LogP contribution >= 0.6 is 15.9 Å². The fraction of sp³-hybridized carbons (Fsp3) is 0.211. The fourth-order valence-corrected chi connectivity index (χ4v) is 3.11. The number of benzene rings is 2. The molecule has 1 N–H and O–H groups in total. The van der Waals surface area contributed by atoms with Gasteiger partial charge in [-0.25, -0.2) is 0 Å². The van der Waals surface area contributed by atoms with Crippen LogP contribution in [0, 0.1) is 6.92 Å². The molecule has 0 aliphatic heterocycles. The summed E-state index contributed by atoms with van der Waals surface area (Å²) in [5.41, 5.74) is 1.93. The predicted octanol–water partition coefficient (Wildman–Crippen LogP) is 4.78. The average molecular weight is 420 g/mol. The third-order valence-corrected chi connectivity index (χ3v) is 4.52. The minimum absolute atomic E-state index is 0.256. The molecular weight excluding hydrogens is 402 g/mol. The highest BCUT2D eigenvalue weighted by Gasteiger charge is 2.20. The van der Waals surface area contributed by atoms with Gasteiger partial charge in [0.1, 0.15) is 5.58 Å². The molecule has 0 saturated heterocycles. The van der Waals surface area contributed by atoms with Crippen molar-refractivity contribution in [2.24, 2.45) is 0 Å². The van der Waals surface area contributed by atoms with E-state index in [1.807, 2.05) is 25.1 Å². The lowest BCUT2D eigenvalue weighted by molar-refractivity contribution is 0.0998. The Morgan fingerprint density at radius 2 is 1.69 bits per heavy atom. The highest BCUT2D eigenvalue weighted by Crippen LogP contribution is 2.40. The minimum atomic E-state index is -0.357. The molecule has 1 aromatic heterocycles. The highest BCUT2D eigenvalue weighted by molar-refractivity contribution is 9.10. The van der Waals surface area contributed by atoms with Crippen LogP contribution in [0.5, 0.6) is 17.2 Å². The van der Waals surface area contributed by atoms with E-state index < -0.39 is 0 Å². The van der Waals surface area contributed by atoms with Gasteiger partial charge < -0.3 is 23.9 Å². The lowest BCUT2D eigenvalue weighted by Gasteiger charge is -2.14. The van der Waals surface area contributed by atoms with Crippen LogP contribution in [0.1, 0.15) is 16.1 Å². The van der Waals surface area contributed by atoms with Gasteiger partial charge in [0.15, 0.2) is 17.3 Å². The summed E-state index contributed by atoms with van der Waals surface area (Å²) in [6.45, 7) is 1.85. The van der Waals surface area contributed by atoms with E-state index in [1.54, 1.807) is 12.1 Å². The lowest BCUT2D eigenvalue weighted by Crippen LogP contribution is -2.12. The summed E-state index contributed by atoms with van der Waals surface area (Å²) in [5, 5.41) is 3.70. The number of hydrogen-bond acceptors (Lipinski definition) is 5. The summed E-state index contributed by atoms with van der Waals surface area (Å²) in [6.07, 6.45) is 0. The Hall–Kier alpha value is -2.67. The molecule has 0 fully saturated rings. The van der Waals surface area contributed by atoms with Crippen molar-refractivity contribution in [3.05, 3.63) is 46.1 Å². The molecule has 3 aromatic rings. The maximum absolute atomic E-state index is 12.7. The number of carbonyl (C=O) groups is 1. The van der Waals surface area contributed by atoms with Crippen LogP contribution in [0.2, 0.25) is 0 Å². The Morgan fingerprint density at radius 1 is 1.04 bits per heavy atom. The van der Waals surface area contributed by atoms with Crippen LogP contribution in [0.4, 0.5) is 5.69 Å². The predicted molar refractivity (Wildman–Crippen MR) is 103 cm³/mol. The number of aryl methyl sites for hydroxylation is 1. The topological polar surface area (TPSA) is 69.9 Å². The Morgan fingerprint density at radius 3 is 2.27 bits per heavy atom. The van der Waals surface area contributed by atoms with Gasteiger partial charge in [0, 0.05) is 33.2 Å². The molecule has 0 bridgehead atoms. The van der Waals surface area contributed by atoms with Crippen molar-refractivity contribution in [3.63, 3.8) is 0 Å². The van der Waals surface area contributed by atoms with Crippen molar-refractivity contribution in [1.82, 2.24) is 0 Å². The van der Waals surface area contributed by atoms with E-state index in [4.69, 9.17) is 18.6 Å². The smallest absolute Gasteiger partial charge is 0.291 e. The van der Waals surface area contributed by atoms with Gasteiger partial charge >= 0.3 is 0 Å². The molecule has 3 rings (SSSR count). The van der Waals surface area contributed by atoms with E-state index in [-0.39, 0.29) is 11.7 Å². The molecule has 6 nitrogen and oxygen atoms in total.